The van der Waals surface area contributed by atoms with E-state index in [1.807, 2.05) is 24.4 Å². The summed E-state index contributed by atoms with van der Waals surface area (Å²) in [6.07, 6.45) is 3.60. The number of hydrogen-bond acceptors (Lipinski definition) is 3. The molecular weight excluding hydrogens is 194 g/mol. The van der Waals surface area contributed by atoms with Crippen LogP contribution in [0.3, 0.4) is 0 Å². The molecular formula is C10H11N3O2. The molecule has 0 atom stereocenters. The highest BCUT2D eigenvalue weighted by atomic mass is 16.4. The topological polar surface area (TPSA) is 66.6 Å². The van der Waals surface area contributed by atoms with Crippen LogP contribution >= 0.6 is 0 Å². The van der Waals surface area contributed by atoms with E-state index in [1.165, 1.54) is 0 Å². The lowest BCUT2D eigenvalue weighted by molar-refractivity contribution is -0.135. The monoisotopic (exact) mass is 205 g/mol. The number of aromatic nitrogens is 2. The Morgan fingerprint density at radius 2 is 2.40 bits per heavy atom. The van der Waals surface area contributed by atoms with E-state index in [0.717, 1.165) is 11.1 Å². The van der Waals surface area contributed by atoms with E-state index >= 15 is 0 Å². The summed E-state index contributed by atoms with van der Waals surface area (Å²) >= 11 is 0. The number of carboxylic acid groups (broad SMARTS) is 1. The summed E-state index contributed by atoms with van der Waals surface area (Å²) in [5.74, 6) is -0.855. The Morgan fingerprint density at radius 1 is 1.53 bits per heavy atom. The molecule has 0 aliphatic carbocycles. The van der Waals surface area contributed by atoms with Crippen molar-refractivity contribution in [3.63, 3.8) is 0 Å². The van der Waals surface area contributed by atoms with E-state index in [1.54, 1.807) is 10.7 Å². The van der Waals surface area contributed by atoms with Gasteiger partial charge in [0.25, 0.3) is 0 Å². The van der Waals surface area contributed by atoms with Gasteiger partial charge in [-0.3, -0.25) is 4.79 Å². The lowest BCUT2D eigenvalue weighted by Crippen LogP contribution is -2.21. The lowest BCUT2D eigenvalue weighted by atomic mass is 10.2. The zero-order valence-corrected chi connectivity index (χ0v) is 8.05. The summed E-state index contributed by atoms with van der Waals surface area (Å²) in [5, 5.41) is 15.4. The largest absolute Gasteiger partial charge is 0.480 e. The van der Waals surface area contributed by atoms with Crippen molar-refractivity contribution in [3.05, 3.63) is 36.2 Å². The molecule has 0 unspecified atom stereocenters. The van der Waals surface area contributed by atoms with Crippen LogP contribution in [-0.4, -0.2) is 27.2 Å². The third kappa shape index (κ3) is 2.13. The number of hydrogen-bond donors (Lipinski definition) is 2. The summed E-state index contributed by atoms with van der Waals surface area (Å²) in [5.41, 5.74) is 1.99. The maximum Gasteiger partial charge on any atom is 0.317 e. The zero-order valence-electron chi connectivity index (χ0n) is 8.05. The molecule has 0 amide bonds. The molecule has 2 rings (SSSR count). The van der Waals surface area contributed by atoms with Gasteiger partial charge in [0, 0.05) is 18.3 Å². The van der Waals surface area contributed by atoms with Gasteiger partial charge in [-0.25, -0.2) is 4.52 Å². The van der Waals surface area contributed by atoms with Crippen LogP contribution < -0.4 is 5.32 Å². The molecule has 0 aliphatic rings. The minimum absolute atomic E-state index is 0.0375. The van der Waals surface area contributed by atoms with Crippen LogP contribution in [0.15, 0.2) is 30.6 Å². The Morgan fingerprint density at radius 3 is 3.20 bits per heavy atom. The van der Waals surface area contributed by atoms with E-state index in [9.17, 15) is 4.79 Å². The highest BCUT2D eigenvalue weighted by molar-refractivity contribution is 5.69. The van der Waals surface area contributed by atoms with Crippen LogP contribution in [0.25, 0.3) is 5.52 Å². The van der Waals surface area contributed by atoms with Gasteiger partial charge in [-0.05, 0) is 12.1 Å². The first-order chi connectivity index (χ1) is 7.27. The van der Waals surface area contributed by atoms with Gasteiger partial charge < -0.3 is 10.4 Å². The first-order valence-electron chi connectivity index (χ1n) is 4.61. The van der Waals surface area contributed by atoms with Gasteiger partial charge in [0.05, 0.1) is 18.3 Å². The standard InChI is InChI=1S/C10H11N3O2/c14-10(15)7-11-5-8-6-12-13-4-2-1-3-9(8)13/h1-4,6,11H,5,7H2,(H,14,15). The number of carboxylic acids is 1. The van der Waals surface area contributed by atoms with Gasteiger partial charge in [-0.1, -0.05) is 6.07 Å². The predicted molar refractivity (Wildman–Crippen MR) is 54.5 cm³/mol. The van der Waals surface area contributed by atoms with Crippen molar-refractivity contribution in [2.24, 2.45) is 0 Å². The van der Waals surface area contributed by atoms with Crippen molar-refractivity contribution < 1.29 is 9.90 Å². The molecule has 0 spiro atoms. The number of fused-ring (bicyclic) bond motifs is 1. The van der Waals surface area contributed by atoms with Crippen LogP contribution in [0.1, 0.15) is 5.56 Å². The molecule has 15 heavy (non-hydrogen) atoms. The molecule has 0 aliphatic heterocycles. The third-order valence-corrected chi connectivity index (χ3v) is 2.10. The summed E-state index contributed by atoms with van der Waals surface area (Å²) < 4.78 is 1.76. The van der Waals surface area contributed by atoms with Crippen molar-refractivity contribution in [1.29, 1.82) is 0 Å². The Kier molecular flexibility index (Phi) is 2.64. The van der Waals surface area contributed by atoms with E-state index < -0.39 is 5.97 Å². The molecule has 0 radical (unpaired) electrons. The number of nitrogens with one attached hydrogen (secondary N) is 1. The van der Waals surface area contributed by atoms with Crippen molar-refractivity contribution >= 4 is 11.5 Å². The molecule has 2 heterocycles. The lowest BCUT2D eigenvalue weighted by Gasteiger charge is -1.99. The van der Waals surface area contributed by atoms with E-state index in [0.29, 0.717) is 6.54 Å². The first kappa shape index (κ1) is 9.67. The Bertz CT molecular complexity index is 478. The fourth-order valence-electron chi connectivity index (χ4n) is 1.43. The Labute approximate surface area is 86.3 Å². The molecule has 0 bridgehead atoms. The highest BCUT2D eigenvalue weighted by Crippen LogP contribution is 2.08. The predicted octanol–water partition coefficient (Wildman–Crippen LogP) is 0.508. The minimum Gasteiger partial charge on any atom is -0.480 e. The van der Waals surface area contributed by atoms with Crippen molar-refractivity contribution in [2.75, 3.05) is 6.54 Å². The second kappa shape index (κ2) is 4.10. The maximum absolute atomic E-state index is 10.3. The van der Waals surface area contributed by atoms with Crippen molar-refractivity contribution in [1.82, 2.24) is 14.9 Å². The van der Waals surface area contributed by atoms with E-state index in [-0.39, 0.29) is 6.54 Å². The van der Waals surface area contributed by atoms with Crippen LogP contribution in [0, 0.1) is 0 Å². The second-order valence-corrected chi connectivity index (χ2v) is 3.20. The quantitative estimate of drug-likeness (QED) is 0.763. The van der Waals surface area contributed by atoms with Crippen LogP contribution in [-0.2, 0) is 11.3 Å². The molecule has 0 saturated carbocycles. The smallest absolute Gasteiger partial charge is 0.317 e. The fourth-order valence-corrected chi connectivity index (χ4v) is 1.43. The third-order valence-electron chi connectivity index (χ3n) is 2.10. The van der Waals surface area contributed by atoms with Crippen LogP contribution in [0.2, 0.25) is 0 Å². The van der Waals surface area contributed by atoms with Gasteiger partial charge >= 0.3 is 5.97 Å². The van der Waals surface area contributed by atoms with Gasteiger partial charge in [0.15, 0.2) is 0 Å². The average molecular weight is 205 g/mol. The highest BCUT2D eigenvalue weighted by Gasteiger charge is 2.03. The Hall–Kier alpha value is -1.88. The summed E-state index contributed by atoms with van der Waals surface area (Å²) in [6, 6.07) is 5.77. The maximum atomic E-state index is 10.3. The summed E-state index contributed by atoms with van der Waals surface area (Å²) in [7, 11) is 0. The Balaban J connectivity index is 2.11. The first-order valence-corrected chi connectivity index (χ1v) is 4.61. The van der Waals surface area contributed by atoms with Gasteiger partial charge in [-0.15, -0.1) is 0 Å². The molecule has 2 aromatic heterocycles. The zero-order chi connectivity index (χ0) is 10.7. The van der Waals surface area contributed by atoms with Gasteiger partial charge in [0.1, 0.15) is 0 Å². The number of pyridine rings is 1. The fraction of sp³-hybridized carbons (Fsp3) is 0.200. The van der Waals surface area contributed by atoms with Crippen LogP contribution in [0.4, 0.5) is 0 Å². The van der Waals surface area contributed by atoms with E-state index in [2.05, 4.69) is 10.4 Å². The van der Waals surface area contributed by atoms with Gasteiger partial charge in [-0.2, -0.15) is 5.10 Å². The van der Waals surface area contributed by atoms with E-state index in [4.69, 9.17) is 5.11 Å². The minimum atomic E-state index is -0.855. The number of carbonyl (C=O) groups is 1. The van der Waals surface area contributed by atoms with Gasteiger partial charge in [0.2, 0.25) is 0 Å². The van der Waals surface area contributed by atoms with Crippen molar-refractivity contribution in [3.8, 4) is 0 Å². The summed E-state index contributed by atoms with van der Waals surface area (Å²) in [4.78, 5) is 10.3. The molecule has 2 N–H and O–H groups in total. The molecule has 2 aromatic rings. The molecule has 5 nitrogen and oxygen atoms in total. The molecule has 78 valence electrons. The number of rotatable bonds is 4. The molecule has 0 saturated heterocycles. The number of nitrogens with zero attached hydrogens (tertiary/aromatic N) is 2. The number of aliphatic carboxylic acids is 1. The second-order valence-electron chi connectivity index (χ2n) is 3.20. The summed E-state index contributed by atoms with van der Waals surface area (Å²) in [6.45, 7) is 0.476. The average Bonchev–Trinajstić information content (AvgIpc) is 2.62. The molecule has 0 aromatic carbocycles. The SMILES string of the molecule is O=C(O)CNCc1cnn2ccccc12. The normalized spacial score (nSPS) is 10.7. The molecule has 5 heteroatoms. The molecule has 0 fully saturated rings. The van der Waals surface area contributed by atoms with Crippen LogP contribution in [0.5, 0.6) is 0 Å². The van der Waals surface area contributed by atoms with Crippen molar-refractivity contribution in [2.45, 2.75) is 6.54 Å².